The lowest BCUT2D eigenvalue weighted by Crippen LogP contribution is -2.35. The van der Waals surface area contributed by atoms with E-state index in [0.29, 0.717) is 31.6 Å². The molecule has 1 aromatic rings. The Labute approximate surface area is 131 Å². The molecule has 1 aromatic carbocycles. The molecule has 22 heavy (non-hydrogen) atoms. The second-order valence-corrected chi connectivity index (χ2v) is 6.55. The first kappa shape index (κ1) is 18.1. The summed E-state index contributed by atoms with van der Waals surface area (Å²) < 4.78 is 13.1. The predicted octanol–water partition coefficient (Wildman–Crippen LogP) is 3.42. The summed E-state index contributed by atoms with van der Waals surface area (Å²) in [6, 6.07) is 7.98. The first-order valence-corrected chi connectivity index (χ1v) is 7.45. The molecule has 0 saturated heterocycles. The maximum atomic E-state index is 13.1. The van der Waals surface area contributed by atoms with Crippen molar-refractivity contribution in [2.45, 2.75) is 33.6 Å². The van der Waals surface area contributed by atoms with E-state index < -0.39 is 0 Å². The number of hydrogen-bond acceptors (Lipinski definition) is 3. The van der Waals surface area contributed by atoms with Gasteiger partial charge in [0.15, 0.2) is 0 Å². The largest absolute Gasteiger partial charge is 0.326 e. The molecule has 0 aliphatic rings. The minimum Gasteiger partial charge on any atom is -0.326 e. The summed E-state index contributed by atoms with van der Waals surface area (Å²) >= 11 is 0. The second-order valence-electron chi connectivity index (χ2n) is 6.55. The van der Waals surface area contributed by atoms with Gasteiger partial charge in [0.25, 0.3) is 0 Å². The van der Waals surface area contributed by atoms with Gasteiger partial charge in [0.2, 0.25) is 5.91 Å². The topological polar surface area (TPSA) is 56.1 Å². The highest BCUT2D eigenvalue weighted by Crippen LogP contribution is 2.16. The van der Waals surface area contributed by atoms with Crippen molar-refractivity contribution in [3.8, 4) is 6.07 Å². The Morgan fingerprint density at radius 3 is 2.68 bits per heavy atom. The van der Waals surface area contributed by atoms with Gasteiger partial charge in [-0.25, -0.2) is 4.39 Å². The Morgan fingerprint density at radius 2 is 2.09 bits per heavy atom. The van der Waals surface area contributed by atoms with Crippen molar-refractivity contribution in [2.75, 3.05) is 25.0 Å². The standard InChI is InChI=1S/C17H24FN3O/c1-17(2,3)13-21(10-5-9-19)11-8-16(22)20-15-7-4-6-14(18)12-15/h4,6-7,12H,5,8,10-11,13H2,1-3H3,(H,20,22). The molecule has 0 spiro atoms. The lowest BCUT2D eigenvalue weighted by molar-refractivity contribution is -0.116. The third kappa shape index (κ3) is 7.75. The van der Waals surface area contributed by atoms with Gasteiger partial charge in [-0.1, -0.05) is 26.8 Å². The van der Waals surface area contributed by atoms with Crippen LogP contribution in [0.15, 0.2) is 24.3 Å². The van der Waals surface area contributed by atoms with Crippen LogP contribution in [0.4, 0.5) is 10.1 Å². The van der Waals surface area contributed by atoms with Crippen LogP contribution in [0.2, 0.25) is 0 Å². The van der Waals surface area contributed by atoms with Gasteiger partial charge < -0.3 is 10.2 Å². The summed E-state index contributed by atoms with van der Waals surface area (Å²) in [5.74, 6) is -0.525. The quantitative estimate of drug-likeness (QED) is 0.840. The van der Waals surface area contributed by atoms with Crippen LogP contribution >= 0.6 is 0 Å². The van der Waals surface area contributed by atoms with Crippen LogP contribution in [0.3, 0.4) is 0 Å². The van der Waals surface area contributed by atoms with Crippen molar-refractivity contribution in [1.82, 2.24) is 4.90 Å². The van der Waals surface area contributed by atoms with E-state index in [0.717, 1.165) is 6.54 Å². The van der Waals surface area contributed by atoms with Crippen molar-refractivity contribution < 1.29 is 9.18 Å². The van der Waals surface area contributed by atoms with Crippen molar-refractivity contribution >= 4 is 11.6 Å². The molecule has 0 bridgehead atoms. The second kappa shape index (κ2) is 8.50. The molecule has 0 aliphatic carbocycles. The van der Waals surface area contributed by atoms with Gasteiger partial charge in [-0.3, -0.25) is 4.79 Å². The molecular formula is C17H24FN3O. The summed E-state index contributed by atoms with van der Waals surface area (Å²) in [4.78, 5) is 14.1. The van der Waals surface area contributed by atoms with Crippen molar-refractivity contribution in [3.63, 3.8) is 0 Å². The molecule has 0 aromatic heterocycles. The zero-order valence-electron chi connectivity index (χ0n) is 13.5. The van der Waals surface area contributed by atoms with E-state index in [1.807, 2.05) is 0 Å². The molecule has 5 heteroatoms. The molecular weight excluding hydrogens is 281 g/mol. The Hall–Kier alpha value is -1.93. The normalized spacial score (nSPS) is 11.3. The maximum Gasteiger partial charge on any atom is 0.225 e. The fourth-order valence-electron chi connectivity index (χ4n) is 2.20. The van der Waals surface area contributed by atoms with E-state index in [9.17, 15) is 9.18 Å². The number of rotatable bonds is 7. The smallest absolute Gasteiger partial charge is 0.225 e. The van der Waals surface area contributed by atoms with E-state index in [2.05, 4.69) is 37.1 Å². The highest BCUT2D eigenvalue weighted by molar-refractivity contribution is 5.90. The Morgan fingerprint density at radius 1 is 1.36 bits per heavy atom. The number of carbonyl (C=O) groups is 1. The van der Waals surface area contributed by atoms with E-state index in [-0.39, 0.29) is 17.1 Å². The number of anilines is 1. The average molecular weight is 305 g/mol. The monoisotopic (exact) mass is 305 g/mol. The number of carbonyl (C=O) groups excluding carboxylic acids is 1. The number of nitrogens with one attached hydrogen (secondary N) is 1. The van der Waals surface area contributed by atoms with Gasteiger partial charge in [0.05, 0.1) is 6.07 Å². The number of nitriles is 1. The number of benzene rings is 1. The zero-order valence-corrected chi connectivity index (χ0v) is 13.5. The predicted molar refractivity (Wildman–Crippen MR) is 85.8 cm³/mol. The van der Waals surface area contributed by atoms with Crippen LogP contribution in [0.5, 0.6) is 0 Å². The van der Waals surface area contributed by atoms with Crippen molar-refractivity contribution in [3.05, 3.63) is 30.1 Å². The van der Waals surface area contributed by atoms with Crippen LogP contribution in [-0.4, -0.2) is 30.4 Å². The van der Waals surface area contributed by atoms with Gasteiger partial charge in [-0.15, -0.1) is 0 Å². The Kier molecular flexibility index (Phi) is 7.00. The maximum absolute atomic E-state index is 13.1. The van der Waals surface area contributed by atoms with Gasteiger partial charge in [0, 0.05) is 38.2 Å². The molecule has 0 radical (unpaired) electrons. The van der Waals surface area contributed by atoms with E-state index in [1.54, 1.807) is 12.1 Å². The van der Waals surface area contributed by atoms with Crippen LogP contribution in [0.25, 0.3) is 0 Å². The van der Waals surface area contributed by atoms with Crippen LogP contribution < -0.4 is 5.32 Å². The highest BCUT2D eigenvalue weighted by Gasteiger charge is 2.17. The molecule has 1 rings (SSSR count). The van der Waals surface area contributed by atoms with Gasteiger partial charge in [-0.05, 0) is 23.6 Å². The lowest BCUT2D eigenvalue weighted by Gasteiger charge is -2.29. The van der Waals surface area contributed by atoms with Crippen LogP contribution in [0.1, 0.15) is 33.6 Å². The first-order chi connectivity index (χ1) is 10.3. The minimum atomic E-state index is -0.374. The van der Waals surface area contributed by atoms with Gasteiger partial charge in [0.1, 0.15) is 5.82 Å². The summed E-state index contributed by atoms with van der Waals surface area (Å²) in [6.45, 7) is 8.43. The van der Waals surface area contributed by atoms with Gasteiger partial charge in [-0.2, -0.15) is 5.26 Å². The fourth-order valence-corrected chi connectivity index (χ4v) is 2.20. The lowest BCUT2D eigenvalue weighted by atomic mass is 9.96. The van der Waals surface area contributed by atoms with Crippen LogP contribution in [0, 0.1) is 22.6 Å². The molecule has 0 fully saturated rings. The summed E-state index contributed by atoms with van der Waals surface area (Å²) in [7, 11) is 0. The molecule has 1 amide bonds. The van der Waals surface area contributed by atoms with E-state index in [4.69, 9.17) is 5.26 Å². The minimum absolute atomic E-state index is 0.106. The van der Waals surface area contributed by atoms with E-state index in [1.165, 1.54) is 12.1 Å². The van der Waals surface area contributed by atoms with Gasteiger partial charge >= 0.3 is 0 Å². The number of hydrogen-bond donors (Lipinski definition) is 1. The number of nitrogens with zero attached hydrogens (tertiary/aromatic N) is 2. The molecule has 0 heterocycles. The van der Waals surface area contributed by atoms with Crippen molar-refractivity contribution in [1.29, 1.82) is 5.26 Å². The molecule has 4 nitrogen and oxygen atoms in total. The zero-order chi connectivity index (χ0) is 16.6. The summed E-state index contributed by atoms with van der Waals surface area (Å²) in [5.41, 5.74) is 0.568. The molecule has 120 valence electrons. The van der Waals surface area contributed by atoms with E-state index >= 15 is 0 Å². The van der Waals surface area contributed by atoms with Crippen LogP contribution in [-0.2, 0) is 4.79 Å². The third-order valence-corrected chi connectivity index (χ3v) is 3.00. The number of halogens is 1. The summed E-state index contributed by atoms with van der Waals surface area (Å²) in [6.07, 6.45) is 0.764. The number of amides is 1. The highest BCUT2D eigenvalue weighted by atomic mass is 19.1. The molecule has 0 saturated carbocycles. The molecule has 0 unspecified atom stereocenters. The SMILES string of the molecule is CC(C)(C)CN(CCC#N)CCC(=O)Nc1cccc(F)c1. The average Bonchev–Trinajstić information content (AvgIpc) is 2.40. The molecule has 0 aliphatic heterocycles. The third-order valence-electron chi connectivity index (χ3n) is 3.00. The fraction of sp³-hybridized carbons (Fsp3) is 0.529. The summed E-state index contributed by atoms with van der Waals surface area (Å²) in [5, 5.41) is 11.4. The first-order valence-electron chi connectivity index (χ1n) is 7.45. The molecule has 0 atom stereocenters. The Bertz CT molecular complexity index is 531. The molecule has 1 N–H and O–H groups in total. The Balaban J connectivity index is 2.49. The van der Waals surface area contributed by atoms with Crippen molar-refractivity contribution in [2.24, 2.45) is 5.41 Å².